The van der Waals surface area contributed by atoms with Gasteiger partial charge in [0.05, 0.1) is 5.54 Å². The van der Waals surface area contributed by atoms with Crippen LogP contribution in [0.1, 0.15) is 52.7 Å². The Morgan fingerprint density at radius 1 is 0.853 bits per heavy atom. The van der Waals surface area contributed by atoms with Crippen LogP contribution in [-0.4, -0.2) is 4.90 Å². The largest absolute Gasteiger partial charge is 0.456 e. The van der Waals surface area contributed by atoms with Crippen LogP contribution in [0, 0.1) is 0 Å². The maximum atomic E-state index is 6.20. The molecular weight excluding hydrogens is 414 g/mol. The van der Waals surface area contributed by atoms with Crippen molar-refractivity contribution >= 4 is 32.7 Å². The predicted molar refractivity (Wildman–Crippen MR) is 146 cm³/mol. The van der Waals surface area contributed by atoms with Gasteiger partial charge in [-0.15, -0.1) is 0 Å². The molecular formula is C32H33NO. The van der Waals surface area contributed by atoms with E-state index in [0.29, 0.717) is 0 Å². The summed E-state index contributed by atoms with van der Waals surface area (Å²) in [6, 6.07) is 26.3. The molecule has 1 aromatic heterocycles. The lowest BCUT2D eigenvalue weighted by molar-refractivity contribution is 0.188. The number of allylic oxidation sites excluding steroid dienone is 2. The molecule has 0 atom stereocenters. The molecule has 0 fully saturated rings. The van der Waals surface area contributed by atoms with Crippen LogP contribution in [0.25, 0.3) is 43.8 Å². The van der Waals surface area contributed by atoms with Gasteiger partial charge in [-0.3, -0.25) is 0 Å². The number of rotatable bonds is 2. The minimum atomic E-state index is -0.0232. The summed E-state index contributed by atoms with van der Waals surface area (Å²) in [6.45, 7) is 13.9. The van der Waals surface area contributed by atoms with Crippen molar-refractivity contribution < 1.29 is 4.42 Å². The van der Waals surface area contributed by atoms with Gasteiger partial charge in [0.15, 0.2) is 0 Å². The molecule has 1 aliphatic heterocycles. The van der Waals surface area contributed by atoms with Crippen molar-refractivity contribution in [1.82, 2.24) is 4.90 Å². The summed E-state index contributed by atoms with van der Waals surface area (Å²) in [5.74, 6) is 0. The number of hydrogen-bond donors (Lipinski definition) is 0. The molecule has 2 heteroatoms. The van der Waals surface area contributed by atoms with Gasteiger partial charge >= 0.3 is 0 Å². The topological polar surface area (TPSA) is 16.4 Å². The maximum Gasteiger partial charge on any atom is 0.136 e. The second-order valence-corrected chi connectivity index (χ2v) is 9.42. The molecule has 0 amide bonds. The van der Waals surface area contributed by atoms with Gasteiger partial charge in [-0.1, -0.05) is 68.5 Å². The molecule has 34 heavy (non-hydrogen) atoms. The lowest BCUT2D eigenvalue weighted by Gasteiger charge is -2.35. The standard InChI is InChI=1S/C30H27NO.C2H6/c1-5-19(2)31-18-23-11-10-22(17-26(23)30(31,3)4)21-13-14-27-25(16-21)29-24-9-7-6-8-20(24)12-15-28(29)32-27;1-2/h5-17H,18H2,1-4H3;1-2H3/b19-5-;. The number of benzene rings is 4. The predicted octanol–water partition coefficient (Wildman–Crippen LogP) is 9.41. The zero-order chi connectivity index (χ0) is 24.0. The molecule has 2 heterocycles. The van der Waals surface area contributed by atoms with Gasteiger partial charge in [0, 0.05) is 23.0 Å². The van der Waals surface area contributed by atoms with Crippen LogP contribution in [0.5, 0.6) is 0 Å². The van der Waals surface area contributed by atoms with Crippen molar-refractivity contribution in [1.29, 1.82) is 0 Å². The van der Waals surface area contributed by atoms with Gasteiger partial charge in [0.2, 0.25) is 0 Å². The molecule has 4 aromatic carbocycles. The molecule has 0 spiro atoms. The minimum absolute atomic E-state index is 0.0232. The molecule has 0 bridgehead atoms. The van der Waals surface area contributed by atoms with Gasteiger partial charge < -0.3 is 9.32 Å². The summed E-state index contributed by atoms with van der Waals surface area (Å²) in [7, 11) is 0. The highest BCUT2D eigenvalue weighted by Crippen LogP contribution is 2.43. The smallest absolute Gasteiger partial charge is 0.136 e. The Bertz CT molecular complexity index is 1550. The minimum Gasteiger partial charge on any atom is -0.456 e. The molecule has 2 nitrogen and oxygen atoms in total. The van der Waals surface area contributed by atoms with E-state index in [9.17, 15) is 0 Å². The lowest BCUT2D eigenvalue weighted by Crippen LogP contribution is -2.33. The molecule has 1 aliphatic rings. The Kier molecular flexibility index (Phi) is 5.48. The first-order valence-electron chi connectivity index (χ1n) is 12.4. The highest BCUT2D eigenvalue weighted by Gasteiger charge is 2.37. The van der Waals surface area contributed by atoms with Gasteiger partial charge in [0.1, 0.15) is 11.2 Å². The number of furan rings is 1. The van der Waals surface area contributed by atoms with Crippen molar-refractivity contribution in [3.63, 3.8) is 0 Å². The van der Waals surface area contributed by atoms with Crippen LogP contribution in [0.2, 0.25) is 0 Å². The van der Waals surface area contributed by atoms with E-state index in [-0.39, 0.29) is 5.54 Å². The molecule has 5 aromatic rings. The molecule has 0 unspecified atom stereocenters. The highest BCUT2D eigenvalue weighted by atomic mass is 16.3. The van der Waals surface area contributed by atoms with Crippen LogP contribution in [0.15, 0.2) is 89.0 Å². The first-order valence-corrected chi connectivity index (χ1v) is 12.4. The van der Waals surface area contributed by atoms with Gasteiger partial charge in [-0.05, 0) is 85.0 Å². The summed E-state index contributed by atoms with van der Waals surface area (Å²) in [4.78, 5) is 2.50. The van der Waals surface area contributed by atoms with Crippen molar-refractivity contribution in [2.75, 3.05) is 0 Å². The van der Waals surface area contributed by atoms with Crippen LogP contribution in [0.4, 0.5) is 0 Å². The maximum absolute atomic E-state index is 6.20. The van der Waals surface area contributed by atoms with Crippen molar-refractivity contribution in [2.24, 2.45) is 0 Å². The first kappa shape index (κ1) is 22.3. The summed E-state index contributed by atoms with van der Waals surface area (Å²) in [5, 5.41) is 4.87. The fraction of sp³-hybridized carbons (Fsp3) is 0.250. The molecule has 172 valence electrons. The van der Waals surface area contributed by atoms with E-state index in [1.54, 1.807) is 0 Å². The SMILES string of the molecule is C/C=C(/C)N1Cc2ccc(-c3ccc4oc5ccc6ccccc6c5c4c3)cc2C1(C)C.CC. The highest BCUT2D eigenvalue weighted by molar-refractivity contribution is 6.19. The number of nitrogens with zero attached hydrogens (tertiary/aromatic N) is 1. The number of fused-ring (bicyclic) bond motifs is 6. The van der Waals surface area contributed by atoms with Crippen molar-refractivity contribution in [3.8, 4) is 11.1 Å². The zero-order valence-corrected chi connectivity index (χ0v) is 21.1. The second-order valence-electron chi connectivity index (χ2n) is 9.42. The van der Waals surface area contributed by atoms with Gasteiger partial charge in [-0.25, -0.2) is 0 Å². The average Bonchev–Trinajstić information content (AvgIpc) is 3.38. The van der Waals surface area contributed by atoms with Crippen LogP contribution in [-0.2, 0) is 12.1 Å². The average molecular weight is 448 g/mol. The molecule has 0 saturated carbocycles. The van der Waals surface area contributed by atoms with Gasteiger partial charge in [-0.2, -0.15) is 0 Å². The molecule has 0 saturated heterocycles. The Labute approximate surface area is 202 Å². The van der Waals surface area contributed by atoms with E-state index in [4.69, 9.17) is 4.42 Å². The lowest BCUT2D eigenvalue weighted by atomic mass is 9.90. The third-order valence-electron chi connectivity index (χ3n) is 7.31. The first-order chi connectivity index (χ1) is 16.5. The Balaban J connectivity index is 0.00000117. The van der Waals surface area contributed by atoms with E-state index in [2.05, 4.69) is 111 Å². The second kappa shape index (κ2) is 8.36. The summed E-state index contributed by atoms with van der Waals surface area (Å²) < 4.78 is 6.20. The van der Waals surface area contributed by atoms with E-state index in [1.165, 1.54) is 49.5 Å². The van der Waals surface area contributed by atoms with Crippen LogP contribution in [0.3, 0.4) is 0 Å². The molecule has 0 radical (unpaired) electrons. The Hall–Kier alpha value is -3.52. The summed E-state index contributed by atoms with van der Waals surface area (Å²) in [5.41, 5.74) is 8.51. The van der Waals surface area contributed by atoms with Gasteiger partial charge in [0.25, 0.3) is 0 Å². The van der Waals surface area contributed by atoms with E-state index in [0.717, 1.165) is 17.7 Å². The summed E-state index contributed by atoms with van der Waals surface area (Å²) in [6.07, 6.45) is 2.21. The fourth-order valence-corrected chi connectivity index (χ4v) is 5.43. The molecule has 0 aliphatic carbocycles. The monoisotopic (exact) mass is 447 g/mol. The third-order valence-corrected chi connectivity index (χ3v) is 7.31. The third kappa shape index (κ3) is 3.32. The van der Waals surface area contributed by atoms with E-state index < -0.39 is 0 Å². The van der Waals surface area contributed by atoms with Crippen LogP contribution >= 0.6 is 0 Å². The normalized spacial score (nSPS) is 15.0. The molecule has 0 N–H and O–H groups in total. The summed E-state index contributed by atoms with van der Waals surface area (Å²) >= 11 is 0. The van der Waals surface area contributed by atoms with E-state index >= 15 is 0 Å². The Morgan fingerprint density at radius 3 is 2.35 bits per heavy atom. The van der Waals surface area contributed by atoms with Crippen molar-refractivity contribution in [2.45, 2.75) is 53.6 Å². The quantitative estimate of drug-likeness (QED) is 0.268. The van der Waals surface area contributed by atoms with Crippen molar-refractivity contribution in [3.05, 3.63) is 95.7 Å². The zero-order valence-electron chi connectivity index (χ0n) is 21.1. The fourth-order valence-electron chi connectivity index (χ4n) is 5.43. The Morgan fingerprint density at radius 2 is 1.56 bits per heavy atom. The van der Waals surface area contributed by atoms with Crippen LogP contribution < -0.4 is 0 Å². The molecule has 6 rings (SSSR count). The van der Waals surface area contributed by atoms with E-state index in [1.807, 2.05) is 13.8 Å². The number of hydrogen-bond acceptors (Lipinski definition) is 2.